The van der Waals surface area contributed by atoms with Gasteiger partial charge in [-0.3, -0.25) is 4.98 Å². The summed E-state index contributed by atoms with van der Waals surface area (Å²) in [4.78, 5) is 4.10. The first-order valence-corrected chi connectivity index (χ1v) is 9.43. The Bertz CT molecular complexity index is 950. The minimum Gasteiger partial charge on any atom is -0.486 e. The molecule has 1 N–H and O–H groups in total. The van der Waals surface area contributed by atoms with Crippen molar-refractivity contribution in [3.05, 3.63) is 83.7 Å². The standard InChI is InChI=1S/C24H24N2O2/c1-17-22(20-8-4-3-5-9-20)12-11-21(15-25)24(17)28-18(2)23(27)13-10-19-7-6-14-26-16-19/h3-9,11-12,14,16,18,23,27H,10,13H2,1-2H3. The normalized spacial score (nSPS) is 12.8. The van der Waals surface area contributed by atoms with Crippen molar-refractivity contribution in [3.8, 4) is 22.9 Å². The molecule has 0 aliphatic heterocycles. The van der Waals surface area contributed by atoms with Crippen LogP contribution in [0, 0.1) is 18.3 Å². The lowest BCUT2D eigenvalue weighted by Crippen LogP contribution is -2.29. The molecule has 0 amide bonds. The van der Waals surface area contributed by atoms with Crippen molar-refractivity contribution in [2.24, 2.45) is 0 Å². The molecule has 1 aromatic heterocycles. The summed E-state index contributed by atoms with van der Waals surface area (Å²) in [5.41, 5.74) is 4.54. The molecule has 3 rings (SSSR count). The first-order valence-electron chi connectivity index (χ1n) is 9.43. The van der Waals surface area contributed by atoms with Crippen molar-refractivity contribution in [1.29, 1.82) is 5.26 Å². The van der Waals surface area contributed by atoms with Gasteiger partial charge in [-0.2, -0.15) is 5.26 Å². The van der Waals surface area contributed by atoms with Gasteiger partial charge in [0.05, 0.1) is 11.7 Å². The molecule has 4 heteroatoms. The number of aliphatic hydroxyl groups is 1. The third-order valence-electron chi connectivity index (χ3n) is 4.91. The Morgan fingerprint density at radius 1 is 1.11 bits per heavy atom. The van der Waals surface area contributed by atoms with Gasteiger partial charge in [-0.05, 0) is 55.5 Å². The van der Waals surface area contributed by atoms with E-state index in [1.54, 1.807) is 18.5 Å². The van der Waals surface area contributed by atoms with Crippen molar-refractivity contribution in [2.75, 3.05) is 0 Å². The summed E-state index contributed by atoms with van der Waals surface area (Å²) >= 11 is 0. The molecular formula is C24H24N2O2. The van der Waals surface area contributed by atoms with Crippen LogP contribution < -0.4 is 4.74 Å². The smallest absolute Gasteiger partial charge is 0.141 e. The Hall–Kier alpha value is -3.16. The second kappa shape index (κ2) is 9.16. The molecule has 0 radical (unpaired) electrons. The number of nitrogens with zero attached hydrogens (tertiary/aromatic N) is 2. The largest absolute Gasteiger partial charge is 0.486 e. The fourth-order valence-electron chi connectivity index (χ4n) is 3.22. The van der Waals surface area contributed by atoms with Gasteiger partial charge in [0.2, 0.25) is 0 Å². The maximum Gasteiger partial charge on any atom is 0.141 e. The summed E-state index contributed by atoms with van der Waals surface area (Å²) in [5, 5.41) is 20.1. The average molecular weight is 372 g/mol. The van der Waals surface area contributed by atoms with Crippen LogP contribution in [-0.2, 0) is 6.42 Å². The molecule has 3 aromatic rings. The summed E-state index contributed by atoms with van der Waals surface area (Å²) in [6.07, 6.45) is 3.74. The molecular weight excluding hydrogens is 348 g/mol. The number of pyridine rings is 1. The molecule has 0 aliphatic carbocycles. The maximum atomic E-state index is 10.6. The van der Waals surface area contributed by atoms with Crippen molar-refractivity contribution >= 4 is 0 Å². The fraction of sp³-hybridized carbons (Fsp3) is 0.250. The third-order valence-corrected chi connectivity index (χ3v) is 4.91. The third kappa shape index (κ3) is 4.57. The molecule has 0 aliphatic rings. The van der Waals surface area contributed by atoms with Gasteiger partial charge in [0.25, 0.3) is 0 Å². The highest BCUT2D eigenvalue weighted by Crippen LogP contribution is 2.34. The van der Waals surface area contributed by atoms with E-state index in [9.17, 15) is 10.4 Å². The van der Waals surface area contributed by atoms with E-state index in [0.717, 1.165) is 28.7 Å². The van der Waals surface area contributed by atoms with Crippen LogP contribution in [0.2, 0.25) is 0 Å². The lowest BCUT2D eigenvalue weighted by Gasteiger charge is -2.23. The first kappa shape index (κ1) is 19.6. The van der Waals surface area contributed by atoms with Gasteiger partial charge in [-0.15, -0.1) is 0 Å². The summed E-state index contributed by atoms with van der Waals surface area (Å²) in [6.45, 7) is 3.79. The number of ether oxygens (including phenoxy) is 1. The number of benzene rings is 2. The van der Waals surface area contributed by atoms with Gasteiger partial charge in [-0.1, -0.05) is 42.5 Å². The van der Waals surface area contributed by atoms with E-state index in [1.165, 1.54) is 0 Å². The SMILES string of the molecule is Cc1c(-c2ccccc2)ccc(C#N)c1OC(C)C(O)CCc1cccnc1. The van der Waals surface area contributed by atoms with Gasteiger partial charge in [0, 0.05) is 18.0 Å². The van der Waals surface area contributed by atoms with E-state index in [-0.39, 0.29) is 0 Å². The van der Waals surface area contributed by atoms with Gasteiger partial charge < -0.3 is 9.84 Å². The Morgan fingerprint density at radius 3 is 2.57 bits per heavy atom. The zero-order valence-electron chi connectivity index (χ0n) is 16.2. The molecule has 4 nitrogen and oxygen atoms in total. The van der Waals surface area contributed by atoms with Gasteiger partial charge >= 0.3 is 0 Å². The number of aryl methyl sites for hydroxylation is 1. The quantitative estimate of drug-likeness (QED) is 0.653. The Kier molecular flexibility index (Phi) is 6.41. The van der Waals surface area contributed by atoms with E-state index in [0.29, 0.717) is 17.7 Å². The average Bonchev–Trinajstić information content (AvgIpc) is 2.74. The highest BCUT2D eigenvalue weighted by atomic mass is 16.5. The minimum absolute atomic E-state index is 0.437. The zero-order chi connectivity index (χ0) is 19.9. The van der Waals surface area contributed by atoms with Gasteiger partial charge in [-0.25, -0.2) is 0 Å². The molecule has 2 aromatic carbocycles. The molecule has 0 saturated carbocycles. The van der Waals surface area contributed by atoms with Gasteiger partial charge in [0.1, 0.15) is 17.9 Å². The van der Waals surface area contributed by atoms with Crippen LogP contribution in [0.25, 0.3) is 11.1 Å². The number of aliphatic hydroxyl groups excluding tert-OH is 1. The van der Waals surface area contributed by atoms with Crippen LogP contribution >= 0.6 is 0 Å². The number of hydrogen-bond donors (Lipinski definition) is 1. The number of hydrogen-bond acceptors (Lipinski definition) is 4. The lowest BCUT2D eigenvalue weighted by atomic mass is 9.97. The predicted molar refractivity (Wildman–Crippen MR) is 110 cm³/mol. The number of nitriles is 1. The highest BCUT2D eigenvalue weighted by Gasteiger charge is 2.20. The van der Waals surface area contributed by atoms with E-state index in [2.05, 4.69) is 11.1 Å². The predicted octanol–water partition coefficient (Wildman–Crippen LogP) is 4.69. The number of aromatic nitrogens is 1. The van der Waals surface area contributed by atoms with E-state index in [1.807, 2.05) is 62.4 Å². The highest BCUT2D eigenvalue weighted by molar-refractivity contribution is 5.72. The Morgan fingerprint density at radius 2 is 1.89 bits per heavy atom. The second-order valence-corrected chi connectivity index (χ2v) is 6.88. The Labute approximate surface area is 166 Å². The first-order chi connectivity index (χ1) is 13.6. The minimum atomic E-state index is -0.647. The number of rotatable bonds is 7. The summed E-state index contributed by atoms with van der Waals surface area (Å²) in [6, 6.07) is 19.8. The molecule has 0 fully saturated rings. The van der Waals surface area contributed by atoms with Gasteiger partial charge in [0.15, 0.2) is 0 Å². The molecule has 0 saturated heterocycles. The van der Waals surface area contributed by atoms with Crippen LogP contribution in [0.4, 0.5) is 0 Å². The molecule has 1 heterocycles. The van der Waals surface area contributed by atoms with Crippen LogP contribution in [0.3, 0.4) is 0 Å². The molecule has 2 unspecified atom stereocenters. The summed E-state index contributed by atoms with van der Waals surface area (Å²) < 4.78 is 6.09. The van der Waals surface area contributed by atoms with Crippen molar-refractivity contribution in [1.82, 2.24) is 4.98 Å². The Balaban J connectivity index is 1.77. The molecule has 28 heavy (non-hydrogen) atoms. The topological polar surface area (TPSA) is 66.1 Å². The van der Waals surface area contributed by atoms with Crippen molar-refractivity contribution < 1.29 is 9.84 Å². The van der Waals surface area contributed by atoms with Crippen LogP contribution in [0.15, 0.2) is 67.0 Å². The molecule has 2 atom stereocenters. The van der Waals surface area contributed by atoms with Crippen molar-refractivity contribution in [2.45, 2.75) is 38.9 Å². The van der Waals surface area contributed by atoms with E-state index >= 15 is 0 Å². The summed E-state index contributed by atoms with van der Waals surface area (Å²) in [5.74, 6) is 0.539. The summed E-state index contributed by atoms with van der Waals surface area (Å²) in [7, 11) is 0. The maximum absolute atomic E-state index is 10.6. The second-order valence-electron chi connectivity index (χ2n) is 6.88. The van der Waals surface area contributed by atoms with E-state index < -0.39 is 12.2 Å². The fourth-order valence-corrected chi connectivity index (χ4v) is 3.22. The molecule has 142 valence electrons. The monoisotopic (exact) mass is 372 g/mol. The zero-order valence-corrected chi connectivity index (χ0v) is 16.2. The van der Waals surface area contributed by atoms with E-state index in [4.69, 9.17) is 4.74 Å². The lowest BCUT2D eigenvalue weighted by molar-refractivity contribution is 0.0415. The van der Waals surface area contributed by atoms with Crippen LogP contribution in [0.5, 0.6) is 5.75 Å². The van der Waals surface area contributed by atoms with Crippen LogP contribution in [0.1, 0.15) is 30.0 Å². The van der Waals surface area contributed by atoms with Crippen LogP contribution in [-0.4, -0.2) is 22.3 Å². The molecule has 0 bridgehead atoms. The molecule has 0 spiro atoms. The van der Waals surface area contributed by atoms with Crippen molar-refractivity contribution in [3.63, 3.8) is 0 Å².